The lowest BCUT2D eigenvalue weighted by molar-refractivity contribution is 0.0915. The summed E-state index contributed by atoms with van der Waals surface area (Å²) in [5.41, 5.74) is 2.59. The van der Waals surface area contributed by atoms with Gasteiger partial charge in [0.1, 0.15) is 0 Å². The molecule has 2 heterocycles. The largest absolute Gasteiger partial charge is 0.373 e. The van der Waals surface area contributed by atoms with E-state index in [0.717, 1.165) is 63.0 Å². The van der Waals surface area contributed by atoms with Gasteiger partial charge in [-0.2, -0.15) is 0 Å². The predicted octanol–water partition coefficient (Wildman–Crippen LogP) is 4.25. The van der Waals surface area contributed by atoms with Crippen LogP contribution in [0.25, 0.3) is 0 Å². The fraction of sp³-hybridized carbons (Fsp3) is 0.480. The molecule has 31 heavy (non-hydrogen) atoms. The molecule has 0 spiro atoms. The maximum atomic E-state index is 6.02. The number of nitrogens with one attached hydrogen (secondary N) is 2. The van der Waals surface area contributed by atoms with Crippen molar-refractivity contribution in [2.24, 2.45) is 10.9 Å². The van der Waals surface area contributed by atoms with Crippen LogP contribution in [0.5, 0.6) is 0 Å². The lowest BCUT2D eigenvalue weighted by Crippen LogP contribution is -2.49. The summed E-state index contributed by atoms with van der Waals surface area (Å²) in [6.07, 6.45) is 3.48. The van der Waals surface area contributed by atoms with Gasteiger partial charge in [0, 0.05) is 56.8 Å². The first-order chi connectivity index (χ1) is 15.2. The number of hydrogen-bond acceptors (Lipinski definition) is 3. The van der Waals surface area contributed by atoms with Gasteiger partial charge in [-0.05, 0) is 42.5 Å². The smallest absolute Gasteiger partial charge is 0.191 e. The van der Waals surface area contributed by atoms with Gasteiger partial charge < -0.3 is 15.4 Å². The fourth-order valence-corrected chi connectivity index (χ4v) is 4.68. The number of hydrogen-bond donors (Lipinski definition) is 2. The van der Waals surface area contributed by atoms with E-state index in [-0.39, 0.29) is 6.10 Å². The van der Waals surface area contributed by atoms with Crippen LogP contribution >= 0.6 is 11.6 Å². The van der Waals surface area contributed by atoms with E-state index in [0.29, 0.717) is 12.0 Å². The second-order valence-electron chi connectivity index (χ2n) is 8.53. The standard InChI is InChI=1S/C25H33ClN4O/c1-27-25(28-17-21-13-16-31-24(21)20-5-3-2-4-6-20)29-23-11-14-30(15-12-23)18-19-7-9-22(26)10-8-19/h2-10,21,23-24H,11-18H2,1H3,(H2,27,28,29). The first-order valence-corrected chi connectivity index (χ1v) is 11.7. The minimum atomic E-state index is 0.169. The highest BCUT2D eigenvalue weighted by molar-refractivity contribution is 6.30. The van der Waals surface area contributed by atoms with Crippen molar-refractivity contribution >= 4 is 17.6 Å². The minimum Gasteiger partial charge on any atom is -0.373 e. The van der Waals surface area contributed by atoms with Crippen molar-refractivity contribution in [1.82, 2.24) is 15.5 Å². The summed E-state index contributed by atoms with van der Waals surface area (Å²) < 4.78 is 6.02. The van der Waals surface area contributed by atoms with Gasteiger partial charge in [0.05, 0.1) is 6.10 Å². The summed E-state index contributed by atoms with van der Waals surface area (Å²) in [6, 6.07) is 19.2. The van der Waals surface area contributed by atoms with Gasteiger partial charge in [0.2, 0.25) is 0 Å². The highest BCUT2D eigenvalue weighted by atomic mass is 35.5. The second kappa shape index (κ2) is 11.0. The third-order valence-corrected chi connectivity index (χ3v) is 6.60. The molecule has 2 aromatic rings. The zero-order chi connectivity index (χ0) is 21.5. The van der Waals surface area contributed by atoms with E-state index < -0.39 is 0 Å². The average Bonchev–Trinajstić information content (AvgIpc) is 3.28. The Morgan fingerprint density at radius 3 is 2.52 bits per heavy atom. The van der Waals surface area contributed by atoms with E-state index >= 15 is 0 Å². The molecule has 2 unspecified atom stereocenters. The summed E-state index contributed by atoms with van der Waals surface area (Å²) in [6.45, 7) is 4.85. The average molecular weight is 441 g/mol. The van der Waals surface area contributed by atoms with Gasteiger partial charge >= 0.3 is 0 Å². The first kappa shape index (κ1) is 22.1. The maximum absolute atomic E-state index is 6.02. The lowest BCUT2D eigenvalue weighted by atomic mass is 9.95. The molecule has 2 aromatic carbocycles. The van der Waals surface area contributed by atoms with Crippen LogP contribution in [0.2, 0.25) is 5.02 Å². The molecular weight excluding hydrogens is 408 g/mol. The SMILES string of the molecule is CN=C(NCC1CCOC1c1ccccc1)NC1CCN(Cc2ccc(Cl)cc2)CC1. The molecule has 0 bridgehead atoms. The monoisotopic (exact) mass is 440 g/mol. The summed E-state index contributed by atoms with van der Waals surface area (Å²) in [7, 11) is 1.85. The van der Waals surface area contributed by atoms with E-state index in [2.05, 4.69) is 63.0 Å². The van der Waals surface area contributed by atoms with Gasteiger partial charge in [-0.3, -0.25) is 9.89 Å². The van der Waals surface area contributed by atoms with Gasteiger partial charge in [0.25, 0.3) is 0 Å². The number of guanidine groups is 1. The Hall–Kier alpha value is -2.08. The van der Waals surface area contributed by atoms with Crippen LogP contribution in [0.15, 0.2) is 59.6 Å². The Labute approximate surface area is 190 Å². The number of piperidine rings is 1. The van der Waals surface area contributed by atoms with Crippen molar-refractivity contribution in [2.75, 3.05) is 33.3 Å². The van der Waals surface area contributed by atoms with Crippen LogP contribution in [-0.4, -0.2) is 50.2 Å². The molecule has 0 amide bonds. The van der Waals surface area contributed by atoms with E-state index in [1.807, 2.05) is 19.2 Å². The molecule has 0 aromatic heterocycles. The molecule has 2 aliphatic heterocycles. The molecule has 2 saturated heterocycles. The van der Waals surface area contributed by atoms with E-state index in [1.165, 1.54) is 11.1 Å². The normalized spacial score (nSPS) is 23.1. The van der Waals surface area contributed by atoms with Crippen molar-refractivity contribution in [2.45, 2.75) is 38.0 Å². The van der Waals surface area contributed by atoms with Gasteiger partial charge in [-0.15, -0.1) is 0 Å². The maximum Gasteiger partial charge on any atom is 0.191 e. The van der Waals surface area contributed by atoms with E-state index in [1.54, 1.807) is 0 Å². The van der Waals surface area contributed by atoms with E-state index in [9.17, 15) is 0 Å². The van der Waals surface area contributed by atoms with Crippen molar-refractivity contribution in [3.05, 3.63) is 70.7 Å². The predicted molar refractivity (Wildman–Crippen MR) is 127 cm³/mol. The summed E-state index contributed by atoms with van der Waals surface area (Å²) >= 11 is 6.00. The first-order valence-electron chi connectivity index (χ1n) is 11.3. The van der Waals surface area contributed by atoms with Crippen LogP contribution < -0.4 is 10.6 Å². The van der Waals surface area contributed by atoms with Crippen LogP contribution in [0, 0.1) is 5.92 Å². The number of rotatable bonds is 6. The zero-order valence-corrected chi connectivity index (χ0v) is 19.0. The third kappa shape index (κ3) is 6.22. The fourth-order valence-electron chi connectivity index (χ4n) is 4.55. The van der Waals surface area contributed by atoms with Crippen LogP contribution in [0.4, 0.5) is 0 Å². The summed E-state index contributed by atoms with van der Waals surface area (Å²) in [5.74, 6) is 1.36. The topological polar surface area (TPSA) is 48.9 Å². The van der Waals surface area contributed by atoms with Crippen LogP contribution in [0.3, 0.4) is 0 Å². The molecule has 2 fully saturated rings. The molecule has 2 N–H and O–H groups in total. The molecule has 6 heteroatoms. The number of halogens is 1. The number of benzene rings is 2. The molecule has 2 aliphatic rings. The number of ether oxygens (including phenoxy) is 1. The molecule has 2 atom stereocenters. The summed E-state index contributed by atoms with van der Waals surface area (Å²) in [4.78, 5) is 6.98. The Balaban J connectivity index is 1.21. The molecule has 166 valence electrons. The number of likely N-dealkylation sites (tertiary alicyclic amines) is 1. The van der Waals surface area contributed by atoms with Crippen LogP contribution in [0.1, 0.15) is 36.5 Å². The van der Waals surface area contributed by atoms with Gasteiger partial charge in [0.15, 0.2) is 5.96 Å². The highest BCUT2D eigenvalue weighted by Gasteiger charge is 2.29. The summed E-state index contributed by atoms with van der Waals surface area (Å²) in [5, 5.41) is 7.97. The molecule has 0 saturated carbocycles. The third-order valence-electron chi connectivity index (χ3n) is 6.35. The Morgan fingerprint density at radius 2 is 1.81 bits per heavy atom. The highest BCUT2D eigenvalue weighted by Crippen LogP contribution is 2.33. The molecule has 0 aliphatic carbocycles. The molecule has 0 radical (unpaired) electrons. The Bertz CT molecular complexity index is 834. The van der Waals surface area contributed by atoms with Crippen molar-refractivity contribution < 1.29 is 4.74 Å². The number of aliphatic imine (C=N–C) groups is 1. The second-order valence-corrected chi connectivity index (χ2v) is 8.96. The zero-order valence-electron chi connectivity index (χ0n) is 18.3. The van der Waals surface area contributed by atoms with Crippen molar-refractivity contribution in [3.8, 4) is 0 Å². The molecule has 4 rings (SSSR count). The van der Waals surface area contributed by atoms with Gasteiger partial charge in [-0.25, -0.2) is 0 Å². The quantitative estimate of drug-likeness (QED) is 0.521. The van der Waals surface area contributed by atoms with Crippen LogP contribution in [-0.2, 0) is 11.3 Å². The molecule has 5 nitrogen and oxygen atoms in total. The Kier molecular flexibility index (Phi) is 7.84. The lowest BCUT2D eigenvalue weighted by Gasteiger charge is -2.33. The number of nitrogens with zero attached hydrogens (tertiary/aromatic N) is 2. The molecular formula is C25H33ClN4O. The van der Waals surface area contributed by atoms with Crippen molar-refractivity contribution in [1.29, 1.82) is 0 Å². The van der Waals surface area contributed by atoms with Gasteiger partial charge in [-0.1, -0.05) is 54.1 Å². The van der Waals surface area contributed by atoms with E-state index in [4.69, 9.17) is 16.3 Å². The van der Waals surface area contributed by atoms with Crippen molar-refractivity contribution in [3.63, 3.8) is 0 Å². The Morgan fingerprint density at radius 1 is 1.06 bits per heavy atom. The minimum absolute atomic E-state index is 0.169.